The minimum Gasteiger partial charge on any atom is -0.319 e. The third-order valence-electron chi connectivity index (χ3n) is 3.91. The van der Waals surface area contributed by atoms with Crippen LogP contribution in [0.5, 0.6) is 0 Å². The first kappa shape index (κ1) is 15.6. The van der Waals surface area contributed by atoms with Crippen LogP contribution in [0, 0.1) is 26.7 Å². The minimum absolute atomic E-state index is 0.584. The summed E-state index contributed by atoms with van der Waals surface area (Å²) in [5, 5.41) is 3.23. The van der Waals surface area contributed by atoms with Crippen molar-refractivity contribution in [1.82, 2.24) is 15.3 Å². The van der Waals surface area contributed by atoms with Crippen LogP contribution >= 0.6 is 0 Å². The highest BCUT2D eigenvalue weighted by molar-refractivity contribution is 5.60. The molecule has 0 aliphatic carbocycles. The fourth-order valence-corrected chi connectivity index (χ4v) is 2.75. The second-order valence-electron chi connectivity index (χ2n) is 5.88. The molecule has 0 bridgehead atoms. The van der Waals surface area contributed by atoms with Crippen LogP contribution < -0.4 is 5.32 Å². The van der Waals surface area contributed by atoms with Crippen molar-refractivity contribution in [1.29, 1.82) is 0 Å². The third-order valence-corrected chi connectivity index (χ3v) is 3.91. The molecule has 0 aliphatic heterocycles. The van der Waals surface area contributed by atoms with Crippen molar-refractivity contribution in [2.24, 2.45) is 5.92 Å². The Balaban J connectivity index is 2.35. The molecule has 0 spiro atoms. The summed E-state index contributed by atoms with van der Waals surface area (Å²) in [6, 6.07) is 8.28. The van der Waals surface area contributed by atoms with Crippen LogP contribution in [0.2, 0.25) is 0 Å². The van der Waals surface area contributed by atoms with Crippen LogP contribution in [0.4, 0.5) is 0 Å². The standard InChI is InChI=1S/C18H25N3/c1-12(11-19-5)10-17-14(3)20-18(21-15(17)4)16-9-7-6-8-13(16)2/h6-9,12,19H,10-11H2,1-5H3. The van der Waals surface area contributed by atoms with Crippen molar-refractivity contribution in [3.63, 3.8) is 0 Å². The molecule has 0 saturated carbocycles. The fourth-order valence-electron chi connectivity index (χ4n) is 2.75. The van der Waals surface area contributed by atoms with Gasteiger partial charge < -0.3 is 5.32 Å². The predicted octanol–water partition coefficient (Wildman–Crippen LogP) is 3.47. The highest BCUT2D eigenvalue weighted by Crippen LogP contribution is 2.23. The second kappa shape index (κ2) is 6.81. The van der Waals surface area contributed by atoms with Gasteiger partial charge in [0.05, 0.1) is 0 Å². The van der Waals surface area contributed by atoms with E-state index < -0.39 is 0 Å². The van der Waals surface area contributed by atoms with Crippen LogP contribution in [0.3, 0.4) is 0 Å². The molecule has 21 heavy (non-hydrogen) atoms. The van der Waals surface area contributed by atoms with Gasteiger partial charge in [0.15, 0.2) is 5.82 Å². The molecule has 1 atom stereocenters. The molecule has 0 amide bonds. The number of benzene rings is 1. The van der Waals surface area contributed by atoms with E-state index in [4.69, 9.17) is 9.97 Å². The van der Waals surface area contributed by atoms with Gasteiger partial charge in [0.1, 0.15) is 0 Å². The highest BCUT2D eigenvalue weighted by Gasteiger charge is 2.13. The van der Waals surface area contributed by atoms with E-state index in [1.165, 1.54) is 11.1 Å². The topological polar surface area (TPSA) is 37.8 Å². The van der Waals surface area contributed by atoms with Crippen LogP contribution in [-0.4, -0.2) is 23.6 Å². The summed E-state index contributed by atoms with van der Waals surface area (Å²) in [5.74, 6) is 1.42. The number of hydrogen-bond acceptors (Lipinski definition) is 3. The molecule has 0 fully saturated rings. The summed E-state index contributed by atoms with van der Waals surface area (Å²) in [6.45, 7) is 9.56. The summed E-state index contributed by atoms with van der Waals surface area (Å²) in [6.07, 6.45) is 1.02. The zero-order chi connectivity index (χ0) is 15.4. The van der Waals surface area contributed by atoms with E-state index in [-0.39, 0.29) is 0 Å². The molecule has 2 aromatic rings. The largest absolute Gasteiger partial charge is 0.319 e. The van der Waals surface area contributed by atoms with Crippen molar-refractivity contribution >= 4 is 0 Å². The molecule has 3 heteroatoms. The molecule has 3 nitrogen and oxygen atoms in total. The first-order valence-electron chi connectivity index (χ1n) is 7.57. The first-order chi connectivity index (χ1) is 10.0. The Kier molecular flexibility index (Phi) is 5.07. The van der Waals surface area contributed by atoms with Gasteiger partial charge in [-0.1, -0.05) is 31.2 Å². The lowest BCUT2D eigenvalue weighted by Crippen LogP contribution is -2.19. The second-order valence-corrected chi connectivity index (χ2v) is 5.88. The molecule has 1 unspecified atom stereocenters. The minimum atomic E-state index is 0.584. The zero-order valence-electron chi connectivity index (χ0n) is 13.7. The smallest absolute Gasteiger partial charge is 0.159 e. The van der Waals surface area contributed by atoms with Gasteiger partial charge in [-0.05, 0) is 57.8 Å². The van der Waals surface area contributed by atoms with Crippen LogP contribution in [0.25, 0.3) is 11.4 Å². The van der Waals surface area contributed by atoms with Crippen molar-refractivity contribution in [3.05, 3.63) is 46.8 Å². The third kappa shape index (κ3) is 3.67. The molecule has 1 aromatic heterocycles. The van der Waals surface area contributed by atoms with Crippen molar-refractivity contribution in [2.45, 2.75) is 34.1 Å². The van der Waals surface area contributed by atoms with Crippen molar-refractivity contribution in [3.8, 4) is 11.4 Å². The number of aryl methyl sites for hydroxylation is 3. The molecule has 112 valence electrons. The van der Waals surface area contributed by atoms with Crippen LogP contribution in [0.1, 0.15) is 29.4 Å². The Bertz CT molecular complexity index is 597. The summed E-state index contributed by atoms with van der Waals surface area (Å²) in [5.41, 5.74) is 5.83. The van der Waals surface area contributed by atoms with E-state index in [9.17, 15) is 0 Å². The van der Waals surface area contributed by atoms with Gasteiger partial charge in [0.25, 0.3) is 0 Å². The summed E-state index contributed by atoms with van der Waals surface area (Å²) in [4.78, 5) is 9.49. The first-order valence-corrected chi connectivity index (χ1v) is 7.57. The van der Waals surface area contributed by atoms with Gasteiger partial charge >= 0.3 is 0 Å². The lowest BCUT2D eigenvalue weighted by Gasteiger charge is -2.16. The predicted molar refractivity (Wildman–Crippen MR) is 88.5 cm³/mol. The lowest BCUT2D eigenvalue weighted by atomic mass is 9.98. The molecule has 0 saturated heterocycles. The van der Waals surface area contributed by atoms with Gasteiger partial charge in [-0.25, -0.2) is 9.97 Å². The molecular weight excluding hydrogens is 258 g/mol. The molecule has 0 radical (unpaired) electrons. The molecule has 0 aliphatic rings. The summed E-state index contributed by atoms with van der Waals surface area (Å²) >= 11 is 0. The average molecular weight is 283 g/mol. The lowest BCUT2D eigenvalue weighted by molar-refractivity contribution is 0.537. The Hall–Kier alpha value is -1.74. The maximum atomic E-state index is 4.75. The maximum Gasteiger partial charge on any atom is 0.159 e. The maximum absolute atomic E-state index is 4.75. The SMILES string of the molecule is CNCC(C)Cc1c(C)nc(-c2ccccc2C)nc1C. The molecular formula is C18H25N3. The Morgan fingerprint density at radius 1 is 1.05 bits per heavy atom. The Morgan fingerprint density at radius 2 is 1.67 bits per heavy atom. The van der Waals surface area contributed by atoms with Gasteiger partial charge in [-0.15, -0.1) is 0 Å². The number of hydrogen-bond donors (Lipinski definition) is 1. The Morgan fingerprint density at radius 3 is 2.24 bits per heavy atom. The number of aromatic nitrogens is 2. The monoisotopic (exact) mass is 283 g/mol. The quantitative estimate of drug-likeness (QED) is 0.913. The zero-order valence-corrected chi connectivity index (χ0v) is 13.7. The van der Waals surface area contributed by atoms with E-state index in [0.29, 0.717) is 5.92 Å². The van der Waals surface area contributed by atoms with Crippen molar-refractivity contribution < 1.29 is 0 Å². The van der Waals surface area contributed by atoms with Gasteiger partial charge in [0, 0.05) is 17.0 Å². The van der Waals surface area contributed by atoms with E-state index in [0.717, 1.165) is 35.7 Å². The Labute approximate surface area is 127 Å². The van der Waals surface area contributed by atoms with Crippen LogP contribution in [0.15, 0.2) is 24.3 Å². The number of nitrogens with one attached hydrogen (secondary N) is 1. The van der Waals surface area contributed by atoms with E-state index in [1.807, 2.05) is 19.2 Å². The molecule has 1 heterocycles. The van der Waals surface area contributed by atoms with E-state index in [1.54, 1.807) is 0 Å². The molecule has 1 aromatic carbocycles. The van der Waals surface area contributed by atoms with Gasteiger partial charge in [-0.2, -0.15) is 0 Å². The van der Waals surface area contributed by atoms with Gasteiger partial charge in [-0.3, -0.25) is 0 Å². The number of nitrogens with zero attached hydrogens (tertiary/aromatic N) is 2. The van der Waals surface area contributed by atoms with Gasteiger partial charge in [0.2, 0.25) is 0 Å². The van der Waals surface area contributed by atoms with Crippen LogP contribution in [-0.2, 0) is 6.42 Å². The average Bonchev–Trinajstić information content (AvgIpc) is 2.43. The normalized spacial score (nSPS) is 12.4. The summed E-state index contributed by atoms with van der Waals surface area (Å²) in [7, 11) is 1.99. The summed E-state index contributed by atoms with van der Waals surface area (Å²) < 4.78 is 0. The highest BCUT2D eigenvalue weighted by atomic mass is 14.9. The molecule has 2 rings (SSSR count). The van der Waals surface area contributed by atoms with E-state index in [2.05, 4.69) is 45.1 Å². The number of rotatable bonds is 5. The molecule has 1 N–H and O–H groups in total. The van der Waals surface area contributed by atoms with E-state index >= 15 is 0 Å². The fraction of sp³-hybridized carbons (Fsp3) is 0.444. The van der Waals surface area contributed by atoms with Crippen molar-refractivity contribution in [2.75, 3.05) is 13.6 Å².